The molecule has 0 radical (unpaired) electrons. The maximum absolute atomic E-state index is 12.9. The highest BCUT2D eigenvalue weighted by molar-refractivity contribution is 7.11. The Kier molecular flexibility index (Phi) is 9.96. The molecule has 186 valence electrons. The van der Waals surface area contributed by atoms with E-state index in [4.69, 9.17) is 0 Å². The molecule has 0 aliphatic rings. The summed E-state index contributed by atoms with van der Waals surface area (Å²) in [5, 5.41) is 16.8. The number of nitrogens with zero attached hydrogens (tertiary/aromatic N) is 3. The molecule has 0 aliphatic heterocycles. The first kappa shape index (κ1) is 27.0. The molecule has 2 aromatic heterocycles. The van der Waals surface area contributed by atoms with E-state index >= 15 is 0 Å². The van der Waals surface area contributed by atoms with Crippen LogP contribution in [0.25, 0.3) is 0 Å². The van der Waals surface area contributed by atoms with Crippen LogP contribution in [0.3, 0.4) is 0 Å². The van der Waals surface area contributed by atoms with Crippen molar-refractivity contribution in [3.63, 3.8) is 0 Å². The number of Topliss-reactive ketones (excluding diaryl/α,β-unsaturated/α-hetero) is 1. The van der Waals surface area contributed by atoms with Gasteiger partial charge >= 0.3 is 0 Å². The number of allylic oxidation sites excluding steroid dienone is 1. The summed E-state index contributed by atoms with van der Waals surface area (Å²) < 4.78 is 1.10. The van der Waals surface area contributed by atoms with Gasteiger partial charge in [-0.25, -0.2) is 0 Å². The fourth-order valence-electron chi connectivity index (χ4n) is 2.75. The smallest absolute Gasteiger partial charge is 0.287 e. The highest BCUT2D eigenvalue weighted by Crippen LogP contribution is 2.08. The summed E-state index contributed by atoms with van der Waals surface area (Å²) in [6, 6.07) is 1.52. The van der Waals surface area contributed by atoms with Crippen LogP contribution in [-0.2, 0) is 25.7 Å². The lowest BCUT2D eigenvalue weighted by Gasteiger charge is -2.18. The molecule has 35 heavy (non-hydrogen) atoms. The number of nitrogens with one attached hydrogen (secondary N) is 4. The zero-order valence-electron chi connectivity index (χ0n) is 19.1. The number of hydrogen-bond donors (Lipinski definition) is 4. The summed E-state index contributed by atoms with van der Waals surface area (Å²) in [6.45, 7) is 5.18. The van der Waals surface area contributed by atoms with Gasteiger partial charge in [-0.1, -0.05) is 24.8 Å². The van der Waals surface area contributed by atoms with Crippen molar-refractivity contribution in [1.29, 1.82) is 0 Å². The summed E-state index contributed by atoms with van der Waals surface area (Å²) in [5.41, 5.74) is 1.02. The zero-order chi connectivity index (χ0) is 26.0. The molecule has 0 spiro atoms. The molecule has 1 unspecified atom stereocenters. The normalized spacial score (nSPS) is 11.1. The number of aromatic nitrogens is 3. The van der Waals surface area contributed by atoms with Gasteiger partial charge in [-0.2, -0.15) is 0 Å². The molecule has 0 bridgehead atoms. The lowest BCUT2D eigenvalue weighted by molar-refractivity contribution is -0.137. The van der Waals surface area contributed by atoms with Crippen molar-refractivity contribution < 1.29 is 24.0 Å². The molecular weight excluding hydrogens is 478 g/mol. The van der Waals surface area contributed by atoms with E-state index < -0.39 is 41.0 Å². The molecule has 14 heteroatoms. The van der Waals surface area contributed by atoms with Crippen molar-refractivity contribution in [2.75, 3.05) is 12.4 Å². The highest BCUT2D eigenvalue weighted by Gasteiger charge is 2.26. The van der Waals surface area contributed by atoms with Crippen LogP contribution in [0.1, 0.15) is 36.0 Å². The van der Waals surface area contributed by atoms with Crippen LogP contribution in [0, 0.1) is 0 Å². The first-order valence-corrected chi connectivity index (χ1v) is 11.3. The molecule has 2 rings (SSSR count). The van der Waals surface area contributed by atoms with E-state index in [1.807, 2.05) is 6.92 Å². The Bertz CT molecular complexity index is 1180. The van der Waals surface area contributed by atoms with Gasteiger partial charge in [0, 0.05) is 25.4 Å². The Morgan fingerprint density at radius 3 is 2.60 bits per heavy atom. The molecule has 1 atom stereocenters. The topological polar surface area (TPSA) is 181 Å². The number of hydrogen-bond acceptors (Lipinski definition) is 9. The molecule has 2 heterocycles. The molecule has 2 aromatic rings. The van der Waals surface area contributed by atoms with Gasteiger partial charge in [-0.3, -0.25) is 28.8 Å². The van der Waals surface area contributed by atoms with Crippen LogP contribution in [-0.4, -0.2) is 57.3 Å². The average molecular weight is 504 g/mol. The number of ketones is 1. The van der Waals surface area contributed by atoms with E-state index in [-0.39, 0.29) is 30.1 Å². The summed E-state index contributed by atoms with van der Waals surface area (Å²) in [6.07, 6.45) is 1.35. The Morgan fingerprint density at radius 1 is 1.23 bits per heavy atom. The van der Waals surface area contributed by atoms with Crippen molar-refractivity contribution in [2.45, 2.75) is 38.8 Å². The minimum absolute atomic E-state index is 0.0119. The molecule has 4 N–H and O–H groups in total. The van der Waals surface area contributed by atoms with Crippen LogP contribution >= 0.6 is 11.3 Å². The second-order valence-electron chi connectivity index (χ2n) is 7.16. The third-order valence-electron chi connectivity index (χ3n) is 4.65. The van der Waals surface area contributed by atoms with Crippen LogP contribution in [0.4, 0.5) is 5.69 Å². The highest BCUT2D eigenvalue weighted by atomic mass is 32.1. The first-order valence-electron chi connectivity index (χ1n) is 10.5. The maximum atomic E-state index is 12.9. The van der Waals surface area contributed by atoms with Gasteiger partial charge in [0.2, 0.25) is 22.6 Å². The van der Waals surface area contributed by atoms with Crippen molar-refractivity contribution in [3.05, 3.63) is 51.5 Å². The van der Waals surface area contributed by atoms with Crippen LogP contribution in [0.2, 0.25) is 0 Å². The van der Waals surface area contributed by atoms with E-state index in [1.54, 1.807) is 0 Å². The molecule has 0 fully saturated rings. The van der Waals surface area contributed by atoms with E-state index in [0.717, 1.165) is 15.9 Å². The number of likely N-dealkylation sites (N-methyl/N-ethyl adjacent to an activating group) is 1. The summed E-state index contributed by atoms with van der Waals surface area (Å²) in [5.74, 6) is -3.59. The predicted molar refractivity (Wildman–Crippen MR) is 126 cm³/mol. The van der Waals surface area contributed by atoms with E-state index in [9.17, 15) is 28.8 Å². The van der Waals surface area contributed by atoms with Crippen molar-refractivity contribution in [1.82, 2.24) is 30.7 Å². The lowest BCUT2D eigenvalue weighted by Crippen LogP contribution is -2.45. The van der Waals surface area contributed by atoms with Crippen LogP contribution < -0.4 is 26.8 Å². The van der Waals surface area contributed by atoms with Crippen molar-refractivity contribution >= 4 is 46.4 Å². The molecule has 0 aromatic carbocycles. The fraction of sp³-hybridized carbons (Fsp3) is 0.333. The Labute approximate surface area is 204 Å². The van der Waals surface area contributed by atoms with E-state index in [0.29, 0.717) is 12.1 Å². The van der Waals surface area contributed by atoms with Crippen molar-refractivity contribution in [3.8, 4) is 0 Å². The summed E-state index contributed by atoms with van der Waals surface area (Å²) in [7, 11) is 1.29. The monoisotopic (exact) mass is 503 g/mol. The van der Waals surface area contributed by atoms with Crippen LogP contribution in [0.15, 0.2) is 40.9 Å². The van der Waals surface area contributed by atoms with Gasteiger partial charge in [-0.05, 0) is 25.0 Å². The molecule has 13 nitrogen and oxygen atoms in total. The molecule has 0 aliphatic carbocycles. The van der Waals surface area contributed by atoms with Gasteiger partial charge in [-0.15, -0.1) is 10.2 Å². The molecule has 0 saturated heterocycles. The number of carbonyl (C=O) groups is 5. The second kappa shape index (κ2) is 12.9. The van der Waals surface area contributed by atoms with Gasteiger partial charge < -0.3 is 25.8 Å². The predicted octanol–water partition coefficient (Wildman–Crippen LogP) is -0.428. The minimum Gasteiger partial charge on any atom is -0.353 e. The quantitative estimate of drug-likeness (QED) is 0.282. The van der Waals surface area contributed by atoms with Crippen molar-refractivity contribution in [2.24, 2.45) is 0 Å². The molecule has 0 saturated carbocycles. The number of carbonyl (C=O) groups excluding carboxylic acids is 5. The van der Waals surface area contributed by atoms with Gasteiger partial charge in [0.15, 0.2) is 0 Å². The Morgan fingerprint density at radius 2 is 1.97 bits per heavy atom. The fourth-order valence-corrected chi connectivity index (χ4v) is 3.20. The van der Waals surface area contributed by atoms with Gasteiger partial charge in [0.25, 0.3) is 17.4 Å². The SMILES string of the molecule is C=C(CC)NC(=O)Cn1cccc(NC(=O)C(CCC(=O)C(=O)NC)NC(=O)c2nncs2)c1=O. The van der Waals surface area contributed by atoms with E-state index in [1.165, 1.54) is 30.9 Å². The largest absolute Gasteiger partial charge is 0.353 e. The molecule has 4 amide bonds. The van der Waals surface area contributed by atoms with Crippen LogP contribution in [0.5, 0.6) is 0 Å². The standard InChI is InChI=1S/C21H25N7O6S/c1-4-12(2)24-16(30)10-28-9-5-6-14(21(28)34)26-17(31)13(7-8-15(29)18(32)22-3)25-19(33)20-27-23-11-35-20/h5-6,9,11,13H,2,4,7-8,10H2,1,3H3,(H,22,32)(H,24,30)(H,25,33)(H,26,31). The minimum atomic E-state index is -1.27. The maximum Gasteiger partial charge on any atom is 0.287 e. The average Bonchev–Trinajstić information content (AvgIpc) is 3.38. The first-order chi connectivity index (χ1) is 16.7. The van der Waals surface area contributed by atoms with Gasteiger partial charge in [0.1, 0.15) is 23.8 Å². The Balaban J connectivity index is 2.18. The third kappa shape index (κ3) is 7.96. The zero-order valence-corrected chi connectivity index (χ0v) is 19.9. The molecular formula is C21H25N7O6S. The number of anilines is 1. The number of amides is 4. The van der Waals surface area contributed by atoms with Gasteiger partial charge in [0.05, 0.1) is 0 Å². The van der Waals surface area contributed by atoms with E-state index in [2.05, 4.69) is 38.0 Å². The number of rotatable bonds is 12. The Hall–Kier alpha value is -4.20. The lowest BCUT2D eigenvalue weighted by atomic mass is 10.1. The third-order valence-corrected chi connectivity index (χ3v) is 5.34. The summed E-state index contributed by atoms with van der Waals surface area (Å²) >= 11 is 0.943. The number of pyridine rings is 1. The second-order valence-corrected chi connectivity index (χ2v) is 7.99. The summed E-state index contributed by atoms with van der Waals surface area (Å²) in [4.78, 5) is 73.6.